The Morgan fingerprint density at radius 3 is 3.10 bits per heavy atom. The molecule has 6 heteroatoms. The summed E-state index contributed by atoms with van der Waals surface area (Å²) in [7, 11) is 0. The van der Waals surface area contributed by atoms with Crippen LogP contribution in [0.15, 0.2) is 4.47 Å². The van der Waals surface area contributed by atoms with Crippen LogP contribution in [-0.2, 0) is 4.74 Å². The fourth-order valence-corrected chi connectivity index (χ4v) is 3.30. The van der Waals surface area contributed by atoms with Gasteiger partial charge in [0.05, 0.1) is 16.8 Å². The average Bonchev–Trinajstić information content (AvgIpc) is 2.91. The molecule has 1 aromatic heterocycles. The van der Waals surface area contributed by atoms with Crippen LogP contribution in [0.4, 0.5) is 5.82 Å². The van der Waals surface area contributed by atoms with Gasteiger partial charge in [-0.25, -0.2) is 9.97 Å². The zero-order valence-corrected chi connectivity index (χ0v) is 13.6. The molecule has 0 aromatic carbocycles. The SMILES string of the molecule is CCNc1nc(C2CN3CCCC3CO2)nc(C)c1Br. The van der Waals surface area contributed by atoms with Crippen molar-refractivity contribution in [2.45, 2.75) is 38.8 Å². The number of anilines is 1. The summed E-state index contributed by atoms with van der Waals surface area (Å²) in [5.41, 5.74) is 0.957. The average molecular weight is 341 g/mol. The van der Waals surface area contributed by atoms with Crippen LogP contribution in [0.25, 0.3) is 0 Å². The van der Waals surface area contributed by atoms with Crippen LogP contribution in [0.2, 0.25) is 0 Å². The Bertz CT molecular complexity index is 496. The Morgan fingerprint density at radius 2 is 2.30 bits per heavy atom. The number of fused-ring (bicyclic) bond motifs is 1. The van der Waals surface area contributed by atoms with E-state index < -0.39 is 0 Å². The highest BCUT2D eigenvalue weighted by Crippen LogP contribution is 2.31. The number of aryl methyl sites for hydroxylation is 1. The third-order valence-corrected chi connectivity index (χ3v) is 5.00. The molecule has 2 aliphatic heterocycles. The van der Waals surface area contributed by atoms with Gasteiger partial charge >= 0.3 is 0 Å². The molecule has 110 valence electrons. The van der Waals surface area contributed by atoms with Crippen LogP contribution < -0.4 is 5.32 Å². The highest BCUT2D eigenvalue weighted by molar-refractivity contribution is 9.10. The number of nitrogens with one attached hydrogen (secondary N) is 1. The molecule has 1 aromatic rings. The minimum atomic E-state index is -0.00597. The quantitative estimate of drug-likeness (QED) is 0.916. The third-order valence-electron chi connectivity index (χ3n) is 4.06. The topological polar surface area (TPSA) is 50.3 Å². The van der Waals surface area contributed by atoms with Crippen LogP contribution in [0.5, 0.6) is 0 Å². The van der Waals surface area contributed by atoms with Crippen molar-refractivity contribution in [3.63, 3.8) is 0 Å². The molecular weight excluding hydrogens is 320 g/mol. The largest absolute Gasteiger partial charge is 0.369 e. The van der Waals surface area contributed by atoms with E-state index in [0.717, 1.165) is 41.5 Å². The van der Waals surface area contributed by atoms with Crippen molar-refractivity contribution in [2.24, 2.45) is 0 Å². The van der Waals surface area contributed by atoms with Gasteiger partial charge in [-0.3, -0.25) is 4.90 Å². The van der Waals surface area contributed by atoms with Gasteiger partial charge in [-0.1, -0.05) is 0 Å². The fourth-order valence-electron chi connectivity index (χ4n) is 2.98. The zero-order chi connectivity index (χ0) is 14.1. The van der Waals surface area contributed by atoms with Crippen molar-refractivity contribution in [1.29, 1.82) is 0 Å². The number of morpholine rings is 1. The number of rotatable bonds is 3. The first kappa shape index (κ1) is 14.2. The van der Waals surface area contributed by atoms with Gasteiger partial charge < -0.3 is 10.1 Å². The van der Waals surface area contributed by atoms with E-state index in [0.29, 0.717) is 6.04 Å². The fraction of sp³-hybridized carbons (Fsp3) is 0.714. The lowest BCUT2D eigenvalue weighted by Gasteiger charge is -2.34. The first-order chi connectivity index (χ1) is 9.69. The van der Waals surface area contributed by atoms with E-state index >= 15 is 0 Å². The highest BCUT2D eigenvalue weighted by Gasteiger charge is 2.34. The van der Waals surface area contributed by atoms with Crippen molar-refractivity contribution >= 4 is 21.7 Å². The molecule has 0 saturated carbocycles. The second-order valence-corrected chi connectivity index (χ2v) is 6.27. The van der Waals surface area contributed by atoms with E-state index in [1.54, 1.807) is 0 Å². The van der Waals surface area contributed by atoms with Gasteiger partial charge in [0.1, 0.15) is 11.9 Å². The van der Waals surface area contributed by atoms with Crippen LogP contribution in [0, 0.1) is 6.92 Å². The molecule has 0 spiro atoms. The zero-order valence-electron chi connectivity index (χ0n) is 12.0. The van der Waals surface area contributed by atoms with E-state index in [1.165, 1.54) is 19.4 Å². The summed E-state index contributed by atoms with van der Waals surface area (Å²) in [6.07, 6.45) is 2.53. The highest BCUT2D eigenvalue weighted by atomic mass is 79.9. The summed E-state index contributed by atoms with van der Waals surface area (Å²) in [4.78, 5) is 11.8. The van der Waals surface area contributed by atoms with E-state index in [-0.39, 0.29) is 6.10 Å². The molecule has 2 atom stereocenters. The van der Waals surface area contributed by atoms with Gasteiger partial charge in [0, 0.05) is 19.1 Å². The molecule has 2 aliphatic rings. The molecule has 0 aliphatic carbocycles. The van der Waals surface area contributed by atoms with Crippen LogP contribution in [-0.4, -0.2) is 47.2 Å². The molecular formula is C14H21BrN4O. The molecule has 0 amide bonds. The molecule has 3 heterocycles. The number of aromatic nitrogens is 2. The minimum absolute atomic E-state index is 0.00597. The monoisotopic (exact) mass is 340 g/mol. The molecule has 2 unspecified atom stereocenters. The minimum Gasteiger partial charge on any atom is -0.369 e. The lowest BCUT2D eigenvalue weighted by molar-refractivity contribution is -0.0541. The molecule has 0 bridgehead atoms. The maximum atomic E-state index is 6.00. The summed E-state index contributed by atoms with van der Waals surface area (Å²) in [6, 6.07) is 0.607. The normalized spacial score (nSPS) is 26.6. The molecule has 5 nitrogen and oxygen atoms in total. The number of ether oxygens (including phenoxy) is 1. The van der Waals surface area contributed by atoms with Gasteiger partial charge in [-0.2, -0.15) is 0 Å². The third kappa shape index (κ3) is 2.69. The summed E-state index contributed by atoms with van der Waals surface area (Å²) < 4.78 is 6.94. The molecule has 3 rings (SSSR count). The van der Waals surface area contributed by atoms with Gasteiger partial charge in [0.2, 0.25) is 0 Å². The number of nitrogens with zero attached hydrogens (tertiary/aromatic N) is 3. The first-order valence-corrected chi connectivity index (χ1v) is 8.12. The van der Waals surface area contributed by atoms with Crippen molar-refractivity contribution < 1.29 is 4.74 Å². The number of hydrogen-bond donors (Lipinski definition) is 1. The van der Waals surface area contributed by atoms with Gasteiger partial charge in [0.15, 0.2) is 5.82 Å². The summed E-state index contributed by atoms with van der Waals surface area (Å²) in [6.45, 7) is 7.80. The van der Waals surface area contributed by atoms with Gasteiger partial charge in [0.25, 0.3) is 0 Å². The predicted molar refractivity (Wildman–Crippen MR) is 81.9 cm³/mol. The van der Waals surface area contributed by atoms with E-state index in [4.69, 9.17) is 4.74 Å². The van der Waals surface area contributed by atoms with Crippen molar-refractivity contribution in [3.8, 4) is 0 Å². The Balaban J connectivity index is 1.82. The molecule has 2 fully saturated rings. The summed E-state index contributed by atoms with van der Waals surface area (Å²) in [5.74, 6) is 1.66. The Labute approximate surface area is 128 Å². The lowest BCUT2D eigenvalue weighted by Crippen LogP contribution is -2.43. The Kier molecular flexibility index (Phi) is 4.23. The van der Waals surface area contributed by atoms with Crippen molar-refractivity contribution in [3.05, 3.63) is 16.0 Å². The van der Waals surface area contributed by atoms with Gasteiger partial charge in [-0.05, 0) is 49.2 Å². The van der Waals surface area contributed by atoms with Crippen LogP contribution >= 0.6 is 15.9 Å². The van der Waals surface area contributed by atoms with Crippen molar-refractivity contribution in [2.75, 3.05) is 31.6 Å². The van der Waals surface area contributed by atoms with Crippen LogP contribution in [0.1, 0.15) is 37.4 Å². The smallest absolute Gasteiger partial charge is 0.161 e. The van der Waals surface area contributed by atoms with E-state index in [2.05, 4.69) is 43.0 Å². The maximum absolute atomic E-state index is 6.00. The number of hydrogen-bond acceptors (Lipinski definition) is 5. The molecule has 1 N–H and O–H groups in total. The second-order valence-electron chi connectivity index (χ2n) is 5.47. The Hall–Kier alpha value is -0.720. The second kappa shape index (κ2) is 5.95. The molecule has 0 radical (unpaired) electrons. The number of halogens is 1. The van der Waals surface area contributed by atoms with Crippen molar-refractivity contribution in [1.82, 2.24) is 14.9 Å². The summed E-state index contributed by atoms with van der Waals surface area (Å²) >= 11 is 3.55. The van der Waals surface area contributed by atoms with E-state index in [1.807, 2.05) is 6.92 Å². The first-order valence-electron chi connectivity index (χ1n) is 7.32. The van der Waals surface area contributed by atoms with E-state index in [9.17, 15) is 0 Å². The predicted octanol–water partition coefficient (Wildman–Crippen LogP) is 2.52. The summed E-state index contributed by atoms with van der Waals surface area (Å²) in [5, 5.41) is 3.28. The van der Waals surface area contributed by atoms with Gasteiger partial charge in [-0.15, -0.1) is 0 Å². The van der Waals surface area contributed by atoms with Crippen LogP contribution in [0.3, 0.4) is 0 Å². The standard InChI is InChI=1S/C14H21BrN4O/c1-3-16-14-12(15)9(2)17-13(18-14)11-7-19-6-4-5-10(19)8-20-11/h10-11H,3-8H2,1-2H3,(H,16,17,18). The maximum Gasteiger partial charge on any atom is 0.161 e. The molecule has 20 heavy (non-hydrogen) atoms. The molecule has 2 saturated heterocycles. The Morgan fingerprint density at radius 1 is 1.45 bits per heavy atom. The lowest BCUT2D eigenvalue weighted by atomic mass is 10.2.